The Labute approximate surface area is 90.7 Å². The van der Waals surface area contributed by atoms with Crippen molar-refractivity contribution in [3.63, 3.8) is 0 Å². The summed E-state index contributed by atoms with van der Waals surface area (Å²) in [6.07, 6.45) is 5.51. The summed E-state index contributed by atoms with van der Waals surface area (Å²) in [5.74, 6) is 0.947. The van der Waals surface area contributed by atoms with E-state index in [4.69, 9.17) is 10.5 Å². The molecule has 0 saturated carbocycles. The lowest BCUT2D eigenvalue weighted by atomic mass is 9.89. The van der Waals surface area contributed by atoms with Crippen molar-refractivity contribution in [2.45, 2.75) is 19.3 Å². The first kappa shape index (κ1) is 10.2. The highest BCUT2D eigenvalue weighted by Crippen LogP contribution is 2.30. The second-order valence-corrected chi connectivity index (χ2v) is 3.83. The predicted molar refractivity (Wildman–Crippen MR) is 63.0 cm³/mol. The van der Waals surface area contributed by atoms with Gasteiger partial charge in [-0.1, -0.05) is 12.1 Å². The fourth-order valence-electron chi connectivity index (χ4n) is 2.12. The van der Waals surface area contributed by atoms with Crippen LogP contribution in [0.5, 0.6) is 5.75 Å². The maximum atomic E-state index is 5.61. The molecule has 2 rings (SSSR count). The van der Waals surface area contributed by atoms with Crippen LogP contribution in [0.3, 0.4) is 0 Å². The van der Waals surface area contributed by atoms with E-state index in [0.717, 1.165) is 31.6 Å². The van der Waals surface area contributed by atoms with Crippen LogP contribution in [-0.2, 0) is 6.42 Å². The van der Waals surface area contributed by atoms with Crippen molar-refractivity contribution in [2.75, 3.05) is 13.7 Å². The third-order valence-electron chi connectivity index (χ3n) is 2.88. The SMILES string of the molecule is COc1ccc2c(c1)CCC=C2CCN. The Morgan fingerprint density at radius 3 is 3.00 bits per heavy atom. The number of rotatable bonds is 3. The minimum Gasteiger partial charge on any atom is -0.497 e. The third kappa shape index (κ3) is 2.05. The van der Waals surface area contributed by atoms with Crippen molar-refractivity contribution in [3.05, 3.63) is 35.4 Å². The fraction of sp³-hybridized carbons (Fsp3) is 0.385. The molecular weight excluding hydrogens is 186 g/mol. The summed E-state index contributed by atoms with van der Waals surface area (Å²) in [7, 11) is 1.71. The van der Waals surface area contributed by atoms with Crippen LogP contribution in [0.2, 0.25) is 0 Å². The van der Waals surface area contributed by atoms with Crippen LogP contribution in [0.1, 0.15) is 24.0 Å². The summed E-state index contributed by atoms with van der Waals surface area (Å²) < 4.78 is 5.23. The lowest BCUT2D eigenvalue weighted by molar-refractivity contribution is 0.414. The number of methoxy groups -OCH3 is 1. The van der Waals surface area contributed by atoms with Crippen LogP contribution < -0.4 is 10.5 Å². The summed E-state index contributed by atoms with van der Waals surface area (Å²) in [5.41, 5.74) is 9.74. The number of benzene rings is 1. The van der Waals surface area contributed by atoms with E-state index < -0.39 is 0 Å². The molecule has 0 spiro atoms. The van der Waals surface area contributed by atoms with E-state index in [9.17, 15) is 0 Å². The zero-order valence-electron chi connectivity index (χ0n) is 9.12. The fourth-order valence-corrected chi connectivity index (χ4v) is 2.12. The Morgan fingerprint density at radius 2 is 2.27 bits per heavy atom. The number of hydrogen-bond acceptors (Lipinski definition) is 2. The number of nitrogens with two attached hydrogens (primary N) is 1. The molecule has 0 atom stereocenters. The molecule has 0 bridgehead atoms. The van der Waals surface area contributed by atoms with Crippen molar-refractivity contribution in [1.29, 1.82) is 0 Å². The van der Waals surface area contributed by atoms with Crippen LogP contribution in [0.25, 0.3) is 5.57 Å². The number of ether oxygens (including phenoxy) is 1. The molecule has 80 valence electrons. The van der Waals surface area contributed by atoms with Crippen molar-refractivity contribution < 1.29 is 4.74 Å². The zero-order valence-corrected chi connectivity index (χ0v) is 9.12. The molecule has 15 heavy (non-hydrogen) atoms. The van der Waals surface area contributed by atoms with Gasteiger partial charge < -0.3 is 10.5 Å². The van der Waals surface area contributed by atoms with Crippen LogP contribution in [0.4, 0.5) is 0 Å². The topological polar surface area (TPSA) is 35.2 Å². The van der Waals surface area contributed by atoms with E-state index in [2.05, 4.69) is 18.2 Å². The molecule has 0 saturated heterocycles. The molecule has 0 radical (unpaired) electrons. The number of aryl methyl sites for hydroxylation is 1. The van der Waals surface area contributed by atoms with Gasteiger partial charge in [-0.15, -0.1) is 0 Å². The van der Waals surface area contributed by atoms with Gasteiger partial charge in [0.25, 0.3) is 0 Å². The Morgan fingerprint density at radius 1 is 1.40 bits per heavy atom. The minimum atomic E-state index is 0.720. The van der Waals surface area contributed by atoms with Crippen molar-refractivity contribution in [1.82, 2.24) is 0 Å². The zero-order chi connectivity index (χ0) is 10.7. The van der Waals surface area contributed by atoms with Crippen LogP contribution in [0, 0.1) is 0 Å². The number of hydrogen-bond donors (Lipinski definition) is 1. The second kappa shape index (κ2) is 4.49. The highest BCUT2D eigenvalue weighted by Gasteiger charge is 2.12. The Bertz CT molecular complexity index is 382. The molecule has 1 aromatic carbocycles. The van der Waals surface area contributed by atoms with E-state index in [1.807, 2.05) is 6.07 Å². The molecule has 1 aliphatic carbocycles. The summed E-state index contributed by atoms with van der Waals surface area (Å²) in [6.45, 7) is 0.720. The monoisotopic (exact) mass is 203 g/mol. The molecular formula is C13H17NO. The average molecular weight is 203 g/mol. The van der Waals surface area contributed by atoms with Gasteiger partial charge in [0.05, 0.1) is 7.11 Å². The van der Waals surface area contributed by atoms with Gasteiger partial charge in [-0.25, -0.2) is 0 Å². The van der Waals surface area contributed by atoms with E-state index in [1.54, 1.807) is 7.11 Å². The molecule has 0 unspecified atom stereocenters. The summed E-state index contributed by atoms with van der Waals surface area (Å²) in [5, 5.41) is 0. The molecule has 0 amide bonds. The Kier molecular flexibility index (Phi) is 3.07. The molecule has 0 fully saturated rings. The normalized spacial score (nSPS) is 14.4. The first-order valence-electron chi connectivity index (χ1n) is 5.41. The molecule has 0 aromatic heterocycles. The van der Waals surface area contributed by atoms with Gasteiger partial charge >= 0.3 is 0 Å². The van der Waals surface area contributed by atoms with Gasteiger partial charge in [-0.3, -0.25) is 0 Å². The maximum Gasteiger partial charge on any atom is 0.119 e. The van der Waals surface area contributed by atoms with Crippen molar-refractivity contribution in [2.24, 2.45) is 5.73 Å². The quantitative estimate of drug-likeness (QED) is 0.818. The van der Waals surface area contributed by atoms with Gasteiger partial charge in [0.2, 0.25) is 0 Å². The summed E-state index contributed by atoms with van der Waals surface area (Å²) >= 11 is 0. The molecule has 0 heterocycles. The third-order valence-corrected chi connectivity index (χ3v) is 2.88. The van der Waals surface area contributed by atoms with E-state index >= 15 is 0 Å². The lowest BCUT2D eigenvalue weighted by Gasteiger charge is -2.18. The highest BCUT2D eigenvalue weighted by atomic mass is 16.5. The standard InChI is InChI=1S/C13H17NO/c1-15-12-5-6-13-10(7-8-14)3-2-4-11(13)9-12/h3,5-6,9H,2,4,7-8,14H2,1H3. The Hall–Kier alpha value is -1.28. The number of fused-ring (bicyclic) bond motifs is 1. The molecule has 2 nitrogen and oxygen atoms in total. The molecule has 2 heteroatoms. The van der Waals surface area contributed by atoms with Crippen LogP contribution in [0.15, 0.2) is 24.3 Å². The van der Waals surface area contributed by atoms with Gasteiger partial charge in [0, 0.05) is 0 Å². The molecule has 0 aliphatic heterocycles. The number of allylic oxidation sites excluding steroid dienone is 1. The van der Waals surface area contributed by atoms with Crippen LogP contribution >= 0.6 is 0 Å². The summed E-state index contributed by atoms with van der Waals surface area (Å²) in [4.78, 5) is 0. The highest BCUT2D eigenvalue weighted by molar-refractivity contribution is 5.70. The Balaban J connectivity index is 2.35. The van der Waals surface area contributed by atoms with E-state index in [0.29, 0.717) is 0 Å². The van der Waals surface area contributed by atoms with Crippen molar-refractivity contribution >= 4 is 5.57 Å². The first-order valence-corrected chi connectivity index (χ1v) is 5.41. The first-order chi connectivity index (χ1) is 7.35. The average Bonchev–Trinajstić information content (AvgIpc) is 2.29. The van der Waals surface area contributed by atoms with Crippen molar-refractivity contribution in [3.8, 4) is 5.75 Å². The second-order valence-electron chi connectivity index (χ2n) is 3.83. The lowest BCUT2D eigenvalue weighted by Crippen LogP contribution is -2.05. The maximum absolute atomic E-state index is 5.61. The largest absolute Gasteiger partial charge is 0.497 e. The van der Waals surface area contributed by atoms with Gasteiger partial charge in [0.1, 0.15) is 5.75 Å². The van der Waals surface area contributed by atoms with Gasteiger partial charge in [-0.05, 0) is 54.6 Å². The molecule has 1 aromatic rings. The van der Waals surface area contributed by atoms with Gasteiger partial charge in [0.15, 0.2) is 0 Å². The molecule has 1 aliphatic rings. The van der Waals surface area contributed by atoms with E-state index in [1.165, 1.54) is 16.7 Å². The smallest absolute Gasteiger partial charge is 0.119 e. The predicted octanol–water partition coefficient (Wildman–Crippen LogP) is 2.37. The molecule has 2 N–H and O–H groups in total. The summed E-state index contributed by atoms with van der Waals surface area (Å²) in [6, 6.07) is 6.31. The minimum absolute atomic E-state index is 0.720. The van der Waals surface area contributed by atoms with Crippen LogP contribution in [-0.4, -0.2) is 13.7 Å². The van der Waals surface area contributed by atoms with Gasteiger partial charge in [-0.2, -0.15) is 0 Å². The van der Waals surface area contributed by atoms with E-state index in [-0.39, 0.29) is 0 Å².